The SMILES string of the molecule is CC/C=C\C/C=C\C/C=C\C/C=C\C/C=C\C/C=C\CCC(=O)OC[C@H](COC(=O)CCCCCCCCCCCCC)OC(=O)CCCCCC/C=C\C/C=C\C/C=C\CCCCC. The number of rotatable bonds is 46. The molecule has 6 nitrogen and oxygen atoms in total. The van der Waals surface area contributed by atoms with Gasteiger partial charge in [0.1, 0.15) is 13.2 Å². The van der Waals surface area contributed by atoms with Crippen LogP contribution in [0.5, 0.6) is 0 Å². The zero-order valence-corrected chi connectivity index (χ0v) is 42.0. The van der Waals surface area contributed by atoms with Gasteiger partial charge in [-0.25, -0.2) is 0 Å². The van der Waals surface area contributed by atoms with Crippen LogP contribution in [0.4, 0.5) is 0 Å². The van der Waals surface area contributed by atoms with Gasteiger partial charge in [0, 0.05) is 19.3 Å². The molecule has 0 aromatic heterocycles. The van der Waals surface area contributed by atoms with Crippen LogP contribution in [0, 0.1) is 0 Å². The van der Waals surface area contributed by atoms with Crippen molar-refractivity contribution in [3.05, 3.63) is 109 Å². The summed E-state index contributed by atoms with van der Waals surface area (Å²) in [6.45, 7) is 6.39. The number of unbranched alkanes of at least 4 members (excludes halogenated alkanes) is 17. The van der Waals surface area contributed by atoms with E-state index >= 15 is 0 Å². The van der Waals surface area contributed by atoms with Gasteiger partial charge in [-0.05, 0) is 96.3 Å². The van der Waals surface area contributed by atoms with Crippen molar-refractivity contribution in [2.75, 3.05) is 13.2 Å². The maximum Gasteiger partial charge on any atom is 0.306 e. The summed E-state index contributed by atoms with van der Waals surface area (Å²) in [7, 11) is 0. The molecule has 65 heavy (non-hydrogen) atoms. The largest absolute Gasteiger partial charge is 0.462 e. The lowest BCUT2D eigenvalue weighted by atomic mass is 10.1. The number of allylic oxidation sites excluding steroid dienone is 18. The van der Waals surface area contributed by atoms with E-state index in [1.54, 1.807) is 0 Å². The van der Waals surface area contributed by atoms with E-state index in [1.165, 1.54) is 77.0 Å². The summed E-state index contributed by atoms with van der Waals surface area (Å²) in [6.07, 6.45) is 70.8. The quantitative estimate of drug-likeness (QED) is 0.0262. The Kier molecular flexibility index (Phi) is 49.5. The molecule has 0 heterocycles. The second kappa shape index (κ2) is 52.7. The highest BCUT2D eigenvalue weighted by atomic mass is 16.6. The van der Waals surface area contributed by atoms with Gasteiger partial charge in [0.25, 0.3) is 0 Å². The number of esters is 3. The topological polar surface area (TPSA) is 78.9 Å². The molecule has 0 fully saturated rings. The molecule has 0 saturated heterocycles. The molecule has 0 spiro atoms. The van der Waals surface area contributed by atoms with Crippen LogP contribution in [0.3, 0.4) is 0 Å². The fourth-order valence-corrected chi connectivity index (χ4v) is 6.83. The molecule has 0 aliphatic heterocycles. The summed E-state index contributed by atoms with van der Waals surface area (Å²) < 4.78 is 16.7. The zero-order chi connectivity index (χ0) is 47.2. The minimum Gasteiger partial charge on any atom is -0.462 e. The first-order valence-electron chi connectivity index (χ1n) is 26.4. The van der Waals surface area contributed by atoms with E-state index in [9.17, 15) is 14.4 Å². The Labute approximate surface area is 400 Å². The molecular formula is C59H96O6. The van der Waals surface area contributed by atoms with Crippen molar-refractivity contribution in [3.8, 4) is 0 Å². The summed E-state index contributed by atoms with van der Waals surface area (Å²) in [5.41, 5.74) is 0. The average Bonchev–Trinajstić information content (AvgIpc) is 3.30. The van der Waals surface area contributed by atoms with Gasteiger partial charge < -0.3 is 14.2 Å². The van der Waals surface area contributed by atoms with Crippen LogP contribution in [-0.2, 0) is 28.6 Å². The fourth-order valence-electron chi connectivity index (χ4n) is 6.83. The van der Waals surface area contributed by atoms with Gasteiger partial charge in [-0.1, -0.05) is 220 Å². The standard InChI is InChI=1S/C59H96O6/c1-4-7-10-13-16-19-22-24-26-28-29-31-32-34-37-40-43-46-49-52-58(61)64-55-56(54-63-57(60)51-48-45-42-39-36-21-18-15-12-9-6-3)65-59(62)53-50-47-44-41-38-35-33-30-27-25-23-20-17-14-11-8-5-2/h7,10,16-17,19-20,24-27,29,31,33-35,37,43,46,56H,4-6,8-9,11-15,18,21-23,28,30,32,36,38-42,44-45,47-55H2,1-3H3/b10-7-,19-16-,20-17-,26-24-,27-25-,31-29-,35-33-,37-34-,46-43-/t56-/m0/s1. The van der Waals surface area contributed by atoms with Gasteiger partial charge in [-0.2, -0.15) is 0 Å². The van der Waals surface area contributed by atoms with Crippen molar-refractivity contribution < 1.29 is 28.6 Å². The van der Waals surface area contributed by atoms with Crippen LogP contribution >= 0.6 is 0 Å². The third-order valence-corrected chi connectivity index (χ3v) is 10.8. The lowest BCUT2D eigenvalue weighted by Crippen LogP contribution is -2.30. The second-order valence-electron chi connectivity index (χ2n) is 17.1. The molecule has 0 aromatic carbocycles. The van der Waals surface area contributed by atoms with Crippen LogP contribution in [0.2, 0.25) is 0 Å². The first kappa shape index (κ1) is 61.1. The maximum absolute atomic E-state index is 12.8. The van der Waals surface area contributed by atoms with Crippen molar-refractivity contribution in [2.24, 2.45) is 0 Å². The van der Waals surface area contributed by atoms with E-state index in [0.29, 0.717) is 12.8 Å². The van der Waals surface area contributed by atoms with E-state index in [2.05, 4.69) is 118 Å². The first-order chi connectivity index (χ1) is 32.0. The van der Waals surface area contributed by atoms with Crippen LogP contribution in [-0.4, -0.2) is 37.2 Å². The molecule has 6 heteroatoms. The molecule has 0 saturated carbocycles. The van der Waals surface area contributed by atoms with E-state index in [1.807, 2.05) is 12.2 Å². The Morgan fingerprint density at radius 1 is 0.323 bits per heavy atom. The molecule has 1 atom stereocenters. The Morgan fingerprint density at radius 3 is 1.06 bits per heavy atom. The molecule has 0 unspecified atom stereocenters. The Bertz CT molecular complexity index is 1360. The molecule has 0 aliphatic rings. The third-order valence-electron chi connectivity index (χ3n) is 10.8. The van der Waals surface area contributed by atoms with Gasteiger partial charge in [-0.15, -0.1) is 0 Å². The predicted octanol–water partition coefficient (Wildman–Crippen LogP) is 17.5. The van der Waals surface area contributed by atoms with E-state index in [4.69, 9.17) is 14.2 Å². The van der Waals surface area contributed by atoms with E-state index in [-0.39, 0.29) is 44.0 Å². The molecule has 0 aliphatic carbocycles. The lowest BCUT2D eigenvalue weighted by molar-refractivity contribution is -0.166. The van der Waals surface area contributed by atoms with Crippen LogP contribution in [0.25, 0.3) is 0 Å². The summed E-state index contributed by atoms with van der Waals surface area (Å²) in [5, 5.41) is 0. The third kappa shape index (κ3) is 50.9. The smallest absolute Gasteiger partial charge is 0.306 e. The minimum atomic E-state index is -0.820. The molecule has 368 valence electrons. The Morgan fingerprint density at radius 2 is 0.631 bits per heavy atom. The summed E-state index contributed by atoms with van der Waals surface area (Å²) in [4.78, 5) is 38.0. The molecule has 0 rings (SSSR count). The van der Waals surface area contributed by atoms with Gasteiger partial charge in [0.2, 0.25) is 0 Å². The molecule has 0 amide bonds. The number of carbonyl (C=O) groups excluding carboxylic acids is 3. The van der Waals surface area contributed by atoms with Crippen molar-refractivity contribution in [1.29, 1.82) is 0 Å². The minimum absolute atomic E-state index is 0.111. The maximum atomic E-state index is 12.8. The first-order valence-corrected chi connectivity index (χ1v) is 26.4. The zero-order valence-electron chi connectivity index (χ0n) is 42.0. The van der Waals surface area contributed by atoms with Gasteiger partial charge in [-0.3, -0.25) is 14.4 Å². The highest BCUT2D eigenvalue weighted by Gasteiger charge is 2.19. The molecule has 0 radical (unpaired) electrons. The molecule has 0 bridgehead atoms. The highest BCUT2D eigenvalue weighted by molar-refractivity contribution is 5.71. The molecule has 0 aromatic rings. The van der Waals surface area contributed by atoms with Gasteiger partial charge >= 0.3 is 17.9 Å². The van der Waals surface area contributed by atoms with Crippen molar-refractivity contribution in [1.82, 2.24) is 0 Å². The number of hydrogen-bond acceptors (Lipinski definition) is 6. The highest BCUT2D eigenvalue weighted by Crippen LogP contribution is 2.13. The Balaban J connectivity index is 4.54. The van der Waals surface area contributed by atoms with Gasteiger partial charge in [0.15, 0.2) is 6.10 Å². The number of carbonyl (C=O) groups is 3. The Hall–Kier alpha value is -3.93. The normalized spacial score (nSPS) is 13.0. The molecular weight excluding hydrogens is 805 g/mol. The average molecular weight is 901 g/mol. The molecule has 0 N–H and O–H groups in total. The lowest BCUT2D eigenvalue weighted by Gasteiger charge is -2.18. The monoisotopic (exact) mass is 901 g/mol. The van der Waals surface area contributed by atoms with E-state index < -0.39 is 6.10 Å². The summed E-state index contributed by atoms with van der Waals surface area (Å²) >= 11 is 0. The van der Waals surface area contributed by atoms with Crippen molar-refractivity contribution in [2.45, 2.75) is 232 Å². The number of hydrogen-bond donors (Lipinski definition) is 0. The number of ether oxygens (including phenoxy) is 3. The fraction of sp³-hybridized carbons (Fsp3) is 0.644. The van der Waals surface area contributed by atoms with Gasteiger partial charge in [0.05, 0.1) is 0 Å². The second-order valence-corrected chi connectivity index (χ2v) is 17.1. The summed E-state index contributed by atoms with van der Waals surface area (Å²) in [6, 6.07) is 0. The predicted molar refractivity (Wildman–Crippen MR) is 279 cm³/mol. The van der Waals surface area contributed by atoms with Crippen molar-refractivity contribution in [3.63, 3.8) is 0 Å². The van der Waals surface area contributed by atoms with E-state index in [0.717, 1.165) is 103 Å². The van der Waals surface area contributed by atoms with Crippen LogP contribution in [0.1, 0.15) is 226 Å². The van der Waals surface area contributed by atoms with Crippen molar-refractivity contribution >= 4 is 17.9 Å². The van der Waals surface area contributed by atoms with Crippen LogP contribution < -0.4 is 0 Å². The van der Waals surface area contributed by atoms with Crippen LogP contribution in [0.15, 0.2) is 109 Å². The summed E-state index contributed by atoms with van der Waals surface area (Å²) in [5.74, 6) is -1.03.